The Morgan fingerprint density at radius 2 is 1.28 bits per heavy atom. The Morgan fingerprint density at radius 3 is 1.83 bits per heavy atom. The molecule has 0 heterocycles. The van der Waals surface area contributed by atoms with Crippen molar-refractivity contribution in [3.8, 4) is 11.8 Å². The molecule has 0 aliphatic rings. The lowest BCUT2D eigenvalue weighted by atomic mass is 10.1. The van der Waals surface area contributed by atoms with Crippen molar-refractivity contribution in [2.75, 3.05) is 6.61 Å². The Balaban J connectivity index is 3.10. The Labute approximate surface area is 111 Å². The molecule has 0 atom stereocenters. The third-order valence-electron chi connectivity index (χ3n) is 2.78. The van der Waals surface area contributed by atoms with Gasteiger partial charge in [0.25, 0.3) is 0 Å². The Kier molecular flexibility index (Phi) is 13.3. The molecule has 0 aliphatic carbocycles. The standard InChI is InChI=1S/C15H26O3/c16-14-12-10-8-6-4-2-1-3-5-7-9-11-13-15(17)18/h16H,1-4,6,8-14H2,(H,17,18). The van der Waals surface area contributed by atoms with Crippen LogP contribution in [-0.4, -0.2) is 22.8 Å². The van der Waals surface area contributed by atoms with Crippen molar-refractivity contribution < 1.29 is 15.0 Å². The molecule has 0 saturated carbocycles. The van der Waals surface area contributed by atoms with Gasteiger partial charge in [0.1, 0.15) is 0 Å². The van der Waals surface area contributed by atoms with E-state index >= 15 is 0 Å². The minimum atomic E-state index is -0.738. The molecular weight excluding hydrogens is 228 g/mol. The number of unbranched alkanes of at least 4 members (excludes halogenated alkanes) is 8. The van der Waals surface area contributed by atoms with Crippen molar-refractivity contribution in [2.45, 2.75) is 70.6 Å². The van der Waals surface area contributed by atoms with E-state index in [1.54, 1.807) is 0 Å². The summed E-state index contributed by atoms with van der Waals surface area (Å²) in [6, 6.07) is 0. The topological polar surface area (TPSA) is 57.5 Å². The highest BCUT2D eigenvalue weighted by Crippen LogP contribution is 2.07. The Morgan fingerprint density at radius 1 is 0.778 bits per heavy atom. The summed E-state index contributed by atoms with van der Waals surface area (Å²) in [6.07, 6.45) is 10.7. The first-order valence-corrected chi connectivity index (χ1v) is 7.05. The first kappa shape index (κ1) is 17.0. The highest BCUT2D eigenvalue weighted by Gasteiger charge is 1.93. The zero-order valence-corrected chi connectivity index (χ0v) is 11.3. The van der Waals surface area contributed by atoms with Gasteiger partial charge in [0.2, 0.25) is 0 Å². The summed E-state index contributed by atoms with van der Waals surface area (Å²) >= 11 is 0. The molecule has 3 heteroatoms. The summed E-state index contributed by atoms with van der Waals surface area (Å²) in [6.45, 7) is 0.317. The number of carboxylic acids is 1. The largest absolute Gasteiger partial charge is 0.481 e. The zero-order valence-electron chi connectivity index (χ0n) is 11.3. The minimum absolute atomic E-state index is 0.225. The van der Waals surface area contributed by atoms with E-state index in [0.717, 1.165) is 25.7 Å². The smallest absolute Gasteiger partial charge is 0.303 e. The number of aliphatic hydroxyl groups excluding tert-OH is 1. The van der Waals surface area contributed by atoms with Gasteiger partial charge in [0.05, 0.1) is 0 Å². The van der Waals surface area contributed by atoms with Crippen LogP contribution in [0.25, 0.3) is 0 Å². The van der Waals surface area contributed by atoms with Gasteiger partial charge in [-0.25, -0.2) is 0 Å². The van der Waals surface area contributed by atoms with Gasteiger partial charge in [-0.05, 0) is 19.3 Å². The van der Waals surface area contributed by atoms with E-state index in [1.165, 1.54) is 25.7 Å². The van der Waals surface area contributed by atoms with Crippen LogP contribution >= 0.6 is 0 Å². The molecule has 0 fully saturated rings. The number of aliphatic carboxylic acids is 1. The molecule has 0 aliphatic heterocycles. The monoisotopic (exact) mass is 254 g/mol. The first-order chi connectivity index (χ1) is 8.77. The van der Waals surface area contributed by atoms with Crippen LogP contribution in [0.2, 0.25) is 0 Å². The van der Waals surface area contributed by atoms with E-state index in [-0.39, 0.29) is 6.42 Å². The van der Waals surface area contributed by atoms with Gasteiger partial charge in [0.15, 0.2) is 0 Å². The number of hydrogen-bond donors (Lipinski definition) is 2. The van der Waals surface area contributed by atoms with Crippen LogP contribution in [0, 0.1) is 11.8 Å². The fourth-order valence-corrected chi connectivity index (χ4v) is 1.71. The molecule has 0 spiro atoms. The average Bonchev–Trinajstić information content (AvgIpc) is 2.34. The fourth-order valence-electron chi connectivity index (χ4n) is 1.71. The van der Waals surface area contributed by atoms with Crippen molar-refractivity contribution in [1.82, 2.24) is 0 Å². The third-order valence-corrected chi connectivity index (χ3v) is 2.78. The van der Waals surface area contributed by atoms with Crippen molar-refractivity contribution in [1.29, 1.82) is 0 Å². The van der Waals surface area contributed by atoms with E-state index in [9.17, 15) is 4.79 Å². The normalized spacial score (nSPS) is 9.83. The summed E-state index contributed by atoms with van der Waals surface area (Å²) in [7, 11) is 0. The Bertz CT molecular complexity index is 250. The van der Waals surface area contributed by atoms with Crippen molar-refractivity contribution in [2.24, 2.45) is 0 Å². The van der Waals surface area contributed by atoms with Gasteiger partial charge in [0, 0.05) is 25.9 Å². The SMILES string of the molecule is O=C(O)CCCC#CCCCCCCCCCO. The van der Waals surface area contributed by atoms with Gasteiger partial charge < -0.3 is 10.2 Å². The second-order valence-electron chi connectivity index (χ2n) is 4.55. The van der Waals surface area contributed by atoms with E-state index in [4.69, 9.17) is 10.2 Å². The summed E-state index contributed by atoms with van der Waals surface area (Å²) in [4.78, 5) is 10.2. The van der Waals surface area contributed by atoms with E-state index in [1.807, 2.05) is 0 Å². The number of rotatable bonds is 11. The highest BCUT2D eigenvalue weighted by molar-refractivity contribution is 5.66. The quantitative estimate of drug-likeness (QED) is 0.439. The van der Waals surface area contributed by atoms with Gasteiger partial charge in [-0.2, -0.15) is 0 Å². The lowest BCUT2D eigenvalue weighted by Crippen LogP contribution is -1.92. The van der Waals surface area contributed by atoms with Gasteiger partial charge in [-0.15, -0.1) is 11.8 Å². The van der Waals surface area contributed by atoms with Crippen molar-refractivity contribution >= 4 is 5.97 Å². The van der Waals surface area contributed by atoms with Crippen LogP contribution in [-0.2, 0) is 4.79 Å². The molecule has 104 valence electrons. The molecule has 0 amide bonds. The second-order valence-corrected chi connectivity index (χ2v) is 4.55. The number of hydrogen-bond acceptors (Lipinski definition) is 2. The molecule has 0 rings (SSSR count). The average molecular weight is 254 g/mol. The van der Waals surface area contributed by atoms with Crippen LogP contribution in [0.1, 0.15) is 70.6 Å². The van der Waals surface area contributed by atoms with Crippen LogP contribution in [0.5, 0.6) is 0 Å². The third kappa shape index (κ3) is 15.0. The molecule has 2 N–H and O–H groups in total. The molecule has 0 radical (unpaired) electrons. The highest BCUT2D eigenvalue weighted by atomic mass is 16.4. The van der Waals surface area contributed by atoms with Crippen molar-refractivity contribution in [3.63, 3.8) is 0 Å². The number of aliphatic hydroxyl groups is 1. The van der Waals surface area contributed by atoms with Gasteiger partial charge in [-0.3, -0.25) is 4.79 Å². The number of carboxylic acid groups (broad SMARTS) is 1. The van der Waals surface area contributed by atoms with Gasteiger partial charge >= 0.3 is 5.97 Å². The van der Waals surface area contributed by atoms with Crippen LogP contribution in [0.15, 0.2) is 0 Å². The maximum absolute atomic E-state index is 10.2. The lowest BCUT2D eigenvalue weighted by Gasteiger charge is -1.98. The second kappa shape index (κ2) is 14.1. The van der Waals surface area contributed by atoms with Gasteiger partial charge in [-0.1, -0.05) is 32.1 Å². The van der Waals surface area contributed by atoms with Crippen LogP contribution < -0.4 is 0 Å². The summed E-state index contributed by atoms with van der Waals surface area (Å²) < 4.78 is 0. The van der Waals surface area contributed by atoms with Crippen molar-refractivity contribution in [3.05, 3.63) is 0 Å². The maximum atomic E-state index is 10.2. The molecular formula is C15H26O3. The van der Waals surface area contributed by atoms with E-state index in [0.29, 0.717) is 19.4 Å². The van der Waals surface area contributed by atoms with E-state index < -0.39 is 5.97 Å². The molecule has 0 unspecified atom stereocenters. The molecule has 0 bridgehead atoms. The minimum Gasteiger partial charge on any atom is -0.481 e. The Hall–Kier alpha value is -1.01. The molecule has 0 saturated heterocycles. The predicted octanol–water partition coefficient (Wildman–Crippen LogP) is 3.36. The summed E-state index contributed by atoms with van der Waals surface area (Å²) in [5, 5.41) is 17.0. The maximum Gasteiger partial charge on any atom is 0.303 e. The summed E-state index contributed by atoms with van der Waals surface area (Å²) in [5.74, 6) is 5.37. The molecule has 3 nitrogen and oxygen atoms in total. The lowest BCUT2D eigenvalue weighted by molar-refractivity contribution is -0.137. The molecule has 18 heavy (non-hydrogen) atoms. The predicted molar refractivity (Wildman–Crippen MR) is 73.3 cm³/mol. The zero-order chi connectivity index (χ0) is 13.5. The van der Waals surface area contributed by atoms with E-state index in [2.05, 4.69) is 11.8 Å². The molecule has 0 aromatic heterocycles. The molecule has 0 aromatic carbocycles. The summed E-state index contributed by atoms with van der Waals surface area (Å²) in [5.41, 5.74) is 0. The fraction of sp³-hybridized carbons (Fsp3) is 0.800. The first-order valence-electron chi connectivity index (χ1n) is 7.05. The molecule has 0 aromatic rings. The van der Waals surface area contributed by atoms with Crippen LogP contribution in [0.3, 0.4) is 0 Å². The van der Waals surface area contributed by atoms with Crippen LogP contribution in [0.4, 0.5) is 0 Å². The number of carbonyl (C=O) groups is 1.